The maximum Gasteiger partial charge on any atom is 0.227 e. The molecule has 0 radical (unpaired) electrons. The maximum absolute atomic E-state index is 12.2. The van der Waals surface area contributed by atoms with Gasteiger partial charge in [-0.15, -0.1) is 0 Å². The lowest BCUT2D eigenvalue weighted by molar-refractivity contribution is -0.117. The average Bonchev–Trinajstić information content (AvgIpc) is 3.19. The maximum atomic E-state index is 12.2. The molecule has 0 unspecified atom stereocenters. The highest BCUT2D eigenvalue weighted by Crippen LogP contribution is 2.31. The highest BCUT2D eigenvalue weighted by molar-refractivity contribution is 6.33. The zero-order chi connectivity index (χ0) is 16.2. The van der Waals surface area contributed by atoms with Gasteiger partial charge in [-0.2, -0.15) is 0 Å². The molecule has 0 atom stereocenters. The van der Waals surface area contributed by atoms with Crippen LogP contribution in [0.4, 0.5) is 11.4 Å². The molecule has 2 aliphatic rings. The van der Waals surface area contributed by atoms with Crippen LogP contribution in [0.5, 0.6) is 0 Å². The number of hydrogen-bond acceptors (Lipinski definition) is 2. The van der Waals surface area contributed by atoms with Gasteiger partial charge >= 0.3 is 0 Å². The molecule has 1 saturated carbocycles. The minimum absolute atomic E-state index is 0.00342. The summed E-state index contributed by atoms with van der Waals surface area (Å²) < 4.78 is 0. The molecule has 0 spiro atoms. The van der Waals surface area contributed by atoms with Crippen LogP contribution in [-0.4, -0.2) is 18.4 Å². The van der Waals surface area contributed by atoms with Gasteiger partial charge in [0.25, 0.3) is 0 Å². The number of benzene rings is 1. The summed E-state index contributed by atoms with van der Waals surface area (Å²) in [6, 6.07) is 5.38. The molecule has 0 aromatic heterocycles. The summed E-state index contributed by atoms with van der Waals surface area (Å²) in [5, 5.41) is 3.41. The van der Waals surface area contributed by atoms with E-state index in [1.54, 1.807) is 17.0 Å². The van der Waals surface area contributed by atoms with Crippen LogP contribution in [0.25, 0.3) is 0 Å². The van der Waals surface area contributed by atoms with E-state index in [-0.39, 0.29) is 11.8 Å². The monoisotopic (exact) mass is 334 g/mol. The first-order valence-electron chi connectivity index (χ1n) is 8.53. The SMILES string of the molecule is O=C(CCC1CCCC1)Nc1cc(N2CCCC2=O)ccc1Cl. The van der Waals surface area contributed by atoms with Gasteiger partial charge in [-0.1, -0.05) is 37.3 Å². The van der Waals surface area contributed by atoms with Gasteiger partial charge in [0.2, 0.25) is 11.8 Å². The molecule has 1 N–H and O–H groups in total. The zero-order valence-corrected chi connectivity index (χ0v) is 14.1. The molecule has 124 valence electrons. The standard InChI is InChI=1S/C18H23ClN2O2/c19-15-9-8-14(21-11-3-6-18(21)23)12-16(15)20-17(22)10-7-13-4-1-2-5-13/h8-9,12-13H,1-7,10-11H2,(H,20,22). The van der Waals surface area contributed by atoms with Crippen LogP contribution < -0.4 is 10.2 Å². The van der Waals surface area contributed by atoms with Crippen LogP contribution in [-0.2, 0) is 9.59 Å². The van der Waals surface area contributed by atoms with Crippen LogP contribution in [0.15, 0.2) is 18.2 Å². The van der Waals surface area contributed by atoms with Gasteiger partial charge < -0.3 is 10.2 Å². The highest BCUT2D eigenvalue weighted by atomic mass is 35.5. The average molecular weight is 335 g/mol. The number of halogens is 1. The van der Waals surface area contributed by atoms with Gasteiger partial charge in [0.15, 0.2) is 0 Å². The number of anilines is 2. The number of rotatable bonds is 5. The van der Waals surface area contributed by atoms with E-state index in [2.05, 4.69) is 5.32 Å². The molecule has 2 fully saturated rings. The summed E-state index contributed by atoms with van der Waals surface area (Å²) in [6.45, 7) is 0.732. The molecule has 0 bridgehead atoms. The quantitative estimate of drug-likeness (QED) is 0.868. The van der Waals surface area contributed by atoms with Crippen molar-refractivity contribution in [1.82, 2.24) is 0 Å². The molecule has 1 heterocycles. The van der Waals surface area contributed by atoms with E-state index >= 15 is 0 Å². The van der Waals surface area contributed by atoms with Crippen molar-refractivity contribution in [2.75, 3.05) is 16.8 Å². The van der Waals surface area contributed by atoms with E-state index in [0.29, 0.717) is 29.5 Å². The normalized spacial score (nSPS) is 18.7. The second kappa shape index (κ2) is 7.35. The zero-order valence-electron chi connectivity index (χ0n) is 13.3. The Balaban J connectivity index is 1.62. The minimum Gasteiger partial charge on any atom is -0.325 e. The fourth-order valence-corrected chi connectivity index (χ4v) is 3.71. The molecule has 1 aliphatic heterocycles. The number of carbonyl (C=O) groups excluding carboxylic acids is 2. The molecule has 3 rings (SSSR count). The van der Waals surface area contributed by atoms with E-state index in [0.717, 1.165) is 25.1 Å². The predicted molar refractivity (Wildman–Crippen MR) is 92.9 cm³/mol. The van der Waals surface area contributed by atoms with Gasteiger partial charge in [0.1, 0.15) is 0 Å². The fourth-order valence-electron chi connectivity index (χ4n) is 3.55. The van der Waals surface area contributed by atoms with Crippen molar-refractivity contribution in [3.63, 3.8) is 0 Å². The summed E-state index contributed by atoms with van der Waals surface area (Å²) in [5.41, 5.74) is 1.41. The Bertz CT molecular complexity index is 597. The summed E-state index contributed by atoms with van der Waals surface area (Å²) in [6.07, 6.45) is 8.05. The van der Waals surface area contributed by atoms with Crippen molar-refractivity contribution in [2.24, 2.45) is 5.92 Å². The van der Waals surface area contributed by atoms with Crippen LogP contribution in [0.2, 0.25) is 5.02 Å². The Morgan fingerprint density at radius 2 is 2.04 bits per heavy atom. The Morgan fingerprint density at radius 3 is 2.74 bits per heavy atom. The van der Waals surface area contributed by atoms with E-state index in [4.69, 9.17) is 11.6 Å². The van der Waals surface area contributed by atoms with Crippen LogP contribution in [0.3, 0.4) is 0 Å². The van der Waals surface area contributed by atoms with Gasteiger partial charge in [0.05, 0.1) is 10.7 Å². The largest absolute Gasteiger partial charge is 0.325 e. The van der Waals surface area contributed by atoms with Gasteiger partial charge in [-0.05, 0) is 37.0 Å². The summed E-state index contributed by atoms with van der Waals surface area (Å²) in [7, 11) is 0. The van der Waals surface area contributed by atoms with E-state index in [1.165, 1.54) is 25.7 Å². The lowest BCUT2D eigenvalue weighted by Gasteiger charge is -2.18. The number of nitrogens with zero attached hydrogens (tertiary/aromatic N) is 1. The Kier molecular flexibility index (Phi) is 5.21. The first kappa shape index (κ1) is 16.3. The summed E-state index contributed by atoms with van der Waals surface area (Å²) >= 11 is 6.19. The molecule has 1 aromatic carbocycles. The Hall–Kier alpha value is -1.55. The Morgan fingerprint density at radius 1 is 1.26 bits per heavy atom. The van der Waals surface area contributed by atoms with Crippen molar-refractivity contribution in [1.29, 1.82) is 0 Å². The second-order valence-electron chi connectivity index (χ2n) is 6.55. The molecular weight excluding hydrogens is 312 g/mol. The lowest BCUT2D eigenvalue weighted by atomic mass is 10.0. The van der Waals surface area contributed by atoms with Crippen LogP contribution in [0.1, 0.15) is 51.4 Å². The first-order chi connectivity index (χ1) is 11.1. The molecule has 1 saturated heterocycles. The van der Waals surface area contributed by atoms with E-state index < -0.39 is 0 Å². The number of amides is 2. The summed E-state index contributed by atoms with van der Waals surface area (Å²) in [5.74, 6) is 0.833. The van der Waals surface area contributed by atoms with Gasteiger partial charge in [-0.25, -0.2) is 0 Å². The van der Waals surface area contributed by atoms with Crippen LogP contribution >= 0.6 is 11.6 Å². The van der Waals surface area contributed by atoms with Crippen molar-refractivity contribution < 1.29 is 9.59 Å². The smallest absolute Gasteiger partial charge is 0.227 e. The van der Waals surface area contributed by atoms with Crippen molar-refractivity contribution in [2.45, 2.75) is 51.4 Å². The van der Waals surface area contributed by atoms with Gasteiger partial charge in [-0.3, -0.25) is 9.59 Å². The van der Waals surface area contributed by atoms with E-state index in [1.807, 2.05) is 6.07 Å². The van der Waals surface area contributed by atoms with Crippen molar-refractivity contribution in [3.8, 4) is 0 Å². The molecule has 4 nitrogen and oxygen atoms in total. The highest BCUT2D eigenvalue weighted by Gasteiger charge is 2.22. The van der Waals surface area contributed by atoms with Crippen LogP contribution in [0, 0.1) is 5.92 Å². The summed E-state index contributed by atoms with van der Waals surface area (Å²) in [4.78, 5) is 25.8. The molecule has 1 aliphatic carbocycles. The predicted octanol–water partition coefficient (Wildman–Crippen LogP) is 4.38. The van der Waals surface area contributed by atoms with E-state index in [9.17, 15) is 9.59 Å². The van der Waals surface area contributed by atoms with Gasteiger partial charge in [0, 0.05) is 25.1 Å². The molecule has 5 heteroatoms. The van der Waals surface area contributed by atoms with Crippen molar-refractivity contribution >= 4 is 34.8 Å². The number of carbonyl (C=O) groups is 2. The number of hydrogen-bond donors (Lipinski definition) is 1. The number of nitrogens with one attached hydrogen (secondary N) is 1. The third-order valence-electron chi connectivity index (χ3n) is 4.86. The molecule has 2 amide bonds. The second-order valence-corrected chi connectivity index (χ2v) is 6.96. The topological polar surface area (TPSA) is 49.4 Å². The molecule has 23 heavy (non-hydrogen) atoms. The Labute approximate surface area is 142 Å². The van der Waals surface area contributed by atoms with Crippen molar-refractivity contribution in [3.05, 3.63) is 23.2 Å². The molecule has 1 aromatic rings. The fraction of sp³-hybridized carbons (Fsp3) is 0.556. The minimum atomic E-state index is 0.00342. The third kappa shape index (κ3) is 4.05. The molecular formula is C18H23ClN2O2. The third-order valence-corrected chi connectivity index (χ3v) is 5.19. The lowest BCUT2D eigenvalue weighted by Crippen LogP contribution is -2.23. The first-order valence-corrected chi connectivity index (χ1v) is 8.91.